The Balaban J connectivity index is 1.90. The first-order valence-electron chi connectivity index (χ1n) is 6.95. The molecule has 2 aromatic carbocycles. The van der Waals surface area contributed by atoms with Gasteiger partial charge in [-0.15, -0.1) is 0 Å². The van der Waals surface area contributed by atoms with Gasteiger partial charge in [-0.05, 0) is 29.8 Å². The van der Waals surface area contributed by atoms with E-state index >= 15 is 0 Å². The SMILES string of the molecule is O=C1CCO[C@@H]1[C@@H](Nc1ccccc1)c1ccc(F)cc1. The maximum absolute atomic E-state index is 13.1. The van der Waals surface area contributed by atoms with Crippen molar-refractivity contribution < 1.29 is 13.9 Å². The zero-order chi connectivity index (χ0) is 14.7. The van der Waals surface area contributed by atoms with E-state index in [1.165, 1.54) is 12.1 Å². The van der Waals surface area contributed by atoms with Crippen molar-refractivity contribution in [3.63, 3.8) is 0 Å². The van der Waals surface area contributed by atoms with Gasteiger partial charge in [0, 0.05) is 12.1 Å². The van der Waals surface area contributed by atoms with Crippen LogP contribution in [-0.2, 0) is 9.53 Å². The number of anilines is 1. The van der Waals surface area contributed by atoms with Crippen molar-refractivity contribution in [3.05, 3.63) is 66.0 Å². The number of nitrogens with one attached hydrogen (secondary N) is 1. The molecule has 0 aromatic heterocycles. The van der Waals surface area contributed by atoms with Gasteiger partial charge < -0.3 is 10.1 Å². The highest BCUT2D eigenvalue weighted by Gasteiger charge is 2.34. The third kappa shape index (κ3) is 3.11. The lowest BCUT2D eigenvalue weighted by Gasteiger charge is -2.25. The zero-order valence-corrected chi connectivity index (χ0v) is 11.5. The summed E-state index contributed by atoms with van der Waals surface area (Å²) < 4.78 is 18.7. The minimum Gasteiger partial charge on any atom is -0.375 e. The Bertz CT molecular complexity index is 612. The van der Waals surface area contributed by atoms with E-state index in [0.29, 0.717) is 13.0 Å². The minimum atomic E-state index is -0.532. The summed E-state index contributed by atoms with van der Waals surface area (Å²) in [7, 11) is 0. The topological polar surface area (TPSA) is 38.3 Å². The molecule has 1 heterocycles. The molecule has 1 aliphatic heterocycles. The van der Waals surface area contributed by atoms with E-state index in [-0.39, 0.29) is 17.6 Å². The number of hydrogen-bond donors (Lipinski definition) is 1. The van der Waals surface area contributed by atoms with Crippen molar-refractivity contribution in [2.75, 3.05) is 11.9 Å². The summed E-state index contributed by atoms with van der Waals surface area (Å²) in [5.74, 6) is -0.219. The van der Waals surface area contributed by atoms with Gasteiger partial charge in [0.25, 0.3) is 0 Å². The van der Waals surface area contributed by atoms with E-state index < -0.39 is 6.10 Å². The maximum Gasteiger partial charge on any atom is 0.166 e. The summed E-state index contributed by atoms with van der Waals surface area (Å²) in [6.07, 6.45) is -0.102. The van der Waals surface area contributed by atoms with Gasteiger partial charge in [0.15, 0.2) is 5.78 Å². The van der Waals surface area contributed by atoms with Gasteiger partial charge in [-0.3, -0.25) is 4.79 Å². The van der Waals surface area contributed by atoms with E-state index in [0.717, 1.165) is 11.3 Å². The van der Waals surface area contributed by atoms with Crippen LogP contribution in [0.1, 0.15) is 18.0 Å². The normalized spacial score (nSPS) is 19.5. The number of ketones is 1. The predicted molar refractivity (Wildman–Crippen MR) is 78.6 cm³/mol. The first kappa shape index (κ1) is 13.8. The lowest BCUT2D eigenvalue weighted by molar-refractivity contribution is -0.122. The van der Waals surface area contributed by atoms with E-state index in [2.05, 4.69) is 5.32 Å². The highest BCUT2D eigenvalue weighted by atomic mass is 19.1. The first-order chi connectivity index (χ1) is 10.2. The molecule has 21 heavy (non-hydrogen) atoms. The minimum absolute atomic E-state index is 0.0766. The summed E-state index contributed by atoms with van der Waals surface area (Å²) in [6, 6.07) is 15.5. The van der Waals surface area contributed by atoms with Crippen molar-refractivity contribution >= 4 is 11.5 Å². The smallest absolute Gasteiger partial charge is 0.166 e. The standard InChI is InChI=1S/C17H16FNO2/c18-13-8-6-12(7-9-13)16(17-15(20)10-11-21-17)19-14-4-2-1-3-5-14/h1-9,16-17,19H,10-11H2/t16-,17-/m0/s1. The molecule has 2 atom stereocenters. The molecule has 0 unspecified atom stereocenters. The van der Waals surface area contributed by atoms with Crippen LogP contribution in [0.3, 0.4) is 0 Å². The fraction of sp³-hybridized carbons (Fsp3) is 0.235. The lowest BCUT2D eigenvalue weighted by atomic mass is 9.98. The third-order valence-corrected chi connectivity index (χ3v) is 3.59. The predicted octanol–water partition coefficient (Wildman–Crippen LogP) is 3.34. The van der Waals surface area contributed by atoms with Crippen molar-refractivity contribution in [1.29, 1.82) is 0 Å². The quantitative estimate of drug-likeness (QED) is 0.936. The molecule has 0 amide bonds. The highest BCUT2D eigenvalue weighted by molar-refractivity contribution is 5.86. The summed E-state index contributed by atoms with van der Waals surface area (Å²) in [4.78, 5) is 12.0. The van der Waals surface area contributed by atoms with Crippen molar-refractivity contribution in [3.8, 4) is 0 Å². The van der Waals surface area contributed by atoms with Crippen molar-refractivity contribution in [1.82, 2.24) is 0 Å². The van der Waals surface area contributed by atoms with Crippen LogP contribution in [0.2, 0.25) is 0 Å². The van der Waals surface area contributed by atoms with E-state index in [9.17, 15) is 9.18 Å². The Morgan fingerprint density at radius 2 is 1.81 bits per heavy atom. The Morgan fingerprint density at radius 1 is 1.10 bits per heavy atom. The molecule has 0 radical (unpaired) electrons. The highest BCUT2D eigenvalue weighted by Crippen LogP contribution is 2.28. The number of carbonyl (C=O) groups excluding carboxylic acids is 1. The van der Waals surface area contributed by atoms with Gasteiger partial charge in [0.05, 0.1) is 12.6 Å². The Labute approximate surface area is 122 Å². The van der Waals surface area contributed by atoms with Crippen molar-refractivity contribution in [2.45, 2.75) is 18.6 Å². The van der Waals surface area contributed by atoms with Crippen LogP contribution in [0, 0.1) is 5.82 Å². The number of rotatable bonds is 4. The van der Waals surface area contributed by atoms with Crippen LogP contribution in [0.15, 0.2) is 54.6 Å². The number of Topliss-reactive ketones (excluding diaryl/α,β-unsaturated/α-hetero) is 1. The Morgan fingerprint density at radius 3 is 2.43 bits per heavy atom. The largest absolute Gasteiger partial charge is 0.375 e. The number of halogens is 1. The molecule has 0 aliphatic carbocycles. The molecule has 1 fully saturated rings. The Hall–Kier alpha value is -2.20. The molecule has 1 aliphatic rings. The van der Waals surface area contributed by atoms with Gasteiger partial charge in [-0.2, -0.15) is 0 Å². The van der Waals surface area contributed by atoms with Gasteiger partial charge >= 0.3 is 0 Å². The maximum atomic E-state index is 13.1. The monoisotopic (exact) mass is 285 g/mol. The second-order valence-electron chi connectivity index (χ2n) is 5.05. The van der Waals surface area contributed by atoms with Crippen LogP contribution in [0.25, 0.3) is 0 Å². The molecular weight excluding hydrogens is 269 g/mol. The molecule has 0 spiro atoms. The van der Waals surface area contributed by atoms with E-state index in [1.54, 1.807) is 12.1 Å². The number of hydrogen-bond acceptors (Lipinski definition) is 3. The molecule has 3 nitrogen and oxygen atoms in total. The van der Waals surface area contributed by atoms with Crippen LogP contribution < -0.4 is 5.32 Å². The van der Waals surface area contributed by atoms with Crippen LogP contribution >= 0.6 is 0 Å². The fourth-order valence-electron chi connectivity index (χ4n) is 2.52. The molecule has 1 saturated heterocycles. The number of benzene rings is 2. The lowest BCUT2D eigenvalue weighted by Crippen LogP contribution is -2.30. The second-order valence-corrected chi connectivity index (χ2v) is 5.05. The molecule has 0 saturated carbocycles. The molecule has 1 N–H and O–H groups in total. The summed E-state index contributed by atoms with van der Waals surface area (Å²) in [5, 5.41) is 3.32. The fourth-order valence-corrected chi connectivity index (χ4v) is 2.52. The summed E-state index contributed by atoms with van der Waals surface area (Å²) in [5.41, 5.74) is 1.73. The van der Waals surface area contributed by atoms with Gasteiger partial charge in [0.2, 0.25) is 0 Å². The summed E-state index contributed by atoms with van der Waals surface area (Å²) in [6.45, 7) is 0.442. The summed E-state index contributed by atoms with van der Waals surface area (Å²) >= 11 is 0. The Kier molecular flexibility index (Phi) is 3.97. The molecular formula is C17H16FNO2. The van der Waals surface area contributed by atoms with Gasteiger partial charge in [-0.1, -0.05) is 30.3 Å². The van der Waals surface area contributed by atoms with Crippen LogP contribution in [0.4, 0.5) is 10.1 Å². The van der Waals surface area contributed by atoms with Crippen LogP contribution in [-0.4, -0.2) is 18.5 Å². The number of carbonyl (C=O) groups is 1. The molecule has 108 valence electrons. The van der Waals surface area contributed by atoms with Crippen molar-refractivity contribution in [2.24, 2.45) is 0 Å². The van der Waals surface area contributed by atoms with Gasteiger partial charge in [0.1, 0.15) is 11.9 Å². The molecule has 0 bridgehead atoms. The zero-order valence-electron chi connectivity index (χ0n) is 11.5. The third-order valence-electron chi connectivity index (χ3n) is 3.59. The van der Waals surface area contributed by atoms with E-state index in [4.69, 9.17) is 4.74 Å². The number of para-hydroxylation sites is 1. The first-order valence-corrected chi connectivity index (χ1v) is 6.95. The number of ether oxygens (including phenoxy) is 1. The average Bonchev–Trinajstić information content (AvgIpc) is 2.93. The average molecular weight is 285 g/mol. The molecule has 3 rings (SSSR count). The molecule has 4 heteroatoms. The molecule has 2 aromatic rings. The van der Waals surface area contributed by atoms with E-state index in [1.807, 2.05) is 30.3 Å². The van der Waals surface area contributed by atoms with Crippen LogP contribution in [0.5, 0.6) is 0 Å². The second kappa shape index (κ2) is 6.06. The van der Waals surface area contributed by atoms with Gasteiger partial charge in [-0.25, -0.2) is 4.39 Å².